The third kappa shape index (κ3) is 3.63. The molecule has 0 spiro atoms. The maximum Gasteiger partial charge on any atom is 0.270 e. The SMILES string of the molecule is CC(=C\c1ccccc1)/C=C1/SC(=S)N(c2cccc(F)c2)C1=O. The second kappa shape index (κ2) is 7.11. The van der Waals surface area contributed by atoms with Crippen molar-refractivity contribution >= 4 is 46.0 Å². The van der Waals surface area contributed by atoms with Gasteiger partial charge in [0, 0.05) is 0 Å². The molecule has 1 amide bonds. The zero-order chi connectivity index (χ0) is 17.1. The third-order valence-corrected chi connectivity index (χ3v) is 4.71. The molecular weight excluding hydrogens is 341 g/mol. The van der Waals surface area contributed by atoms with E-state index in [-0.39, 0.29) is 5.91 Å². The van der Waals surface area contributed by atoms with Gasteiger partial charge in [-0.1, -0.05) is 66.5 Å². The summed E-state index contributed by atoms with van der Waals surface area (Å²) in [6.07, 6.45) is 3.81. The first-order chi connectivity index (χ1) is 11.5. The average molecular weight is 355 g/mol. The third-order valence-electron chi connectivity index (χ3n) is 3.41. The molecule has 0 aromatic heterocycles. The first kappa shape index (κ1) is 16.6. The molecular formula is C19H14FNOS2. The number of hydrogen-bond donors (Lipinski definition) is 0. The van der Waals surface area contributed by atoms with Crippen molar-refractivity contribution in [2.24, 2.45) is 0 Å². The Hall–Kier alpha value is -2.24. The monoisotopic (exact) mass is 355 g/mol. The van der Waals surface area contributed by atoms with Crippen LogP contribution in [0.1, 0.15) is 12.5 Å². The Morgan fingerprint density at radius 3 is 2.62 bits per heavy atom. The number of thioether (sulfide) groups is 1. The molecule has 0 bridgehead atoms. The van der Waals surface area contributed by atoms with Gasteiger partial charge in [0.15, 0.2) is 4.32 Å². The molecule has 3 rings (SSSR count). The van der Waals surface area contributed by atoms with Crippen LogP contribution >= 0.6 is 24.0 Å². The zero-order valence-electron chi connectivity index (χ0n) is 12.9. The number of thiocarbonyl (C=S) groups is 1. The highest BCUT2D eigenvalue weighted by Crippen LogP contribution is 2.35. The van der Waals surface area contributed by atoms with E-state index in [1.807, 2.05) is 49.4 Å². The lowest BCUT2D eigenvalue weighted by Gasteiger charge is -2.14. The van der Waals surface area contributed by atoms with Crippen molar-refractivity contribution in [1.29, 1.82) is 0 Å². The van der Waals surface area contributed by atoms with E-state index < -0.39 is 5.82 Å². The van der Waals surface area contributed by atoms with Gasteiger partial charge in [-0.15, -0.1) is 0 Å². The number of anilines is 1. The van der Waals surface area contributed by atoms with E-state index in [1.54, 1.807) is 12.1 Å². The fraction of sp³-hybridized carbons (Fsp3) is 0.0526. The molecule has 0 radical (unpaired) electrons. The highest BCUT2D eigenvalue weighted by atomic mass is 32.2. The Morgan fingerprint density at radius 2 is 1.92 bits per heavy atom. The van der Waals surface area contributed by atoms with Gasteiger partial charge in [-0.2, -0.15) is 0 Å². The van der Waals surface area contributed by atoms with E-state index in [0.29, 0.717) is 14.9 Å². The number of amides is 1. The Bertz CT molecular complexity index is 859. The highest BCUT2D eigenvalue weighted by molar-refractivity contribution is 8.27. The van der Waals surface area contributed by atoms with Crippen LogP contribution in [0.25, 0.3) is 6.08 Å². The molecule has 2 aromatic rings. The van der Waals surface area contributed by atoms with Crippen molar-refractivity contribution in [3.05, 3.63) is 82.5 Å². The molecule has 24 heavy (non-hydrogen) atoms. The molecule has 1 aliphatic rings. The Balaban J connectivity index is 1.87. The minimum absolute atomic E-state index is 0.226. The van der Waals surface area contributed by atoms with Crippen LogP contribution in [0.2, 0.25) is 0 Å². The number of hydrogen-bond acceptors (Lipinski definition) is 3. The summed E-state index contributed by atoms with van der Waals surface area (Å²) in [5.41, 5.74) is 2.46. The summed E-state index contributed by atoms with van der Waals surface area (Å²) >= 11 is 6.51. The van der Waals surface area contributed by atoms with Gasteiger partial charge in [0.25, 0.3) is 5.91 Å². The number of nitrogens with zero attached hydrogens (tertiary/aromatic N) is 1. The number of carbonyl (C=O) groups is 1. The topological polar surface area (TPSA) is 20.3 Å². The zero-order valence-corrected chi connectivity index (χ0v) is 14.5. The van der Waals surface area contributed by atoms with Crippen LogP contribution < -0.4 is 4.90 Å². The van der Waals surface area contributed by atoms with Crippen molar-refractivity contribution in [1.82, 2.24) is 0 Å². The van der Waals surface area contributed by atoms with Crippen molar-refractivity contribution in [3.8, 4) is 0 Å². The van der Waals surface area contributed by atoms with Crippen LogP contribution in [-0.4, -0.2) is 10.2 Å². The summed E-state index contributed by atoms with van der Waals surface area (Å²) in [5, 5.41) is 0. The molecule has 2 nitrogen and oxygen atoms in total. The van der Waals surface area contributed by atoms with Crippen molar-refractivity contribution in [2.75, 3.05) is 4.90 Å². The van der Waals surface area contributed by atoms with Gasteiger partial charge in [-0.05, 0) is 42.3 Å². The first-order valence-electron chi connectivity index (χ1n) is 7.31. The molecule has 0 atom stereocenters. The van der Waals surface area contributed by atoms with Crippen LogP contribution in [0.5, 0.6) is 0 Å². The molecule has 120 valence electrons. The van der Waals surface area contributed by atoms with Crippen LogP contribution in [0.15, 0.2) is 71.2 Å². The van der Waals surface area contributed by atoms with E-state index in [9.17, 15) is 9.18 Å². The van der Waals surface area contributed by atoms with Crippen molar-refractivity contribution in [2.45, 2.75) is 6.92 Å². The van der Waals surface area contributed by atoms with Crippen LogP contribution in [-0.2, 0) is 4.79 Å². The Kier molecular flexibility index (Phi) is 4.92. The number of halogens is 1. The number of allylic oxidation sites excluding steroid dienone is 2. The standard InChI is InChI=1S/C19H14FNOS2/c1-13(10-14-6-3-2-4-7-14)11-17-18(22)21(19(23)24-17)16-9-5-8-15(20)12-16/h2-12H,1H3/b13-10+,17-11+. The second-order valence-electron chi connectivity index (χ2n) is 5.30. The largest absolute Gasteiger partial charge is 0.270 e. The van der Waals surface area contributed by atoms with Gasteiger partial charge >= 0.3 is 0 Å². The second-order valence-corrected chi connectivity index (χ2v) is 6.97. The number of carbonyl (C=O) groups excluding carboxylic acids is 1. The maximum atomic E-state index is 13.4. The lowest BCUT2D eigenvalue weighted by Crippen LogP contribution is -2.27. The summed E-state index contributed by atoms with van der Waals surface area (Å²) in [5.74, 6) is -0.623. The Labute approximate surface area is 149 Å². The maximum absolute atomic E-state index is 13.4. The molecule has 0 saturated carbocycles. The summed E-state index contributed by atoms with van der Waals surface area (Å²) < 4.78 is 13.8. The van der Waals surface area contributed by atoms with Crippen LogP contribution in [0.4, 0.5) is 10.1 Å². The van der Waals surface area contributed by atoms with Crippen molar-refractivity contribution < 1.29 is 9.18 Å². The van der Waals surface area contributed by atoms with Gasteiger partial charge in [0.05, 0.1) is 10.6 Å². The first-order valence-corrected chi connectivity index (χ1v) is 8.54. The predicted molar refractivity (Wildman–Crippen MR) is 102 cm³/mol. The molecule has 5 heteroatoms. The predicted octanol–water partition coefficient (Wildman–Crippen LogP) is 5.18. The van der Waals surface area contributed by atoms with Crippen molar-refractivity contribution in [3.63, 3.8) is 0 Å². The van der Waals surface area contributed by atoms with E-state index in [2.05, 4.69) is 0 Å². The summed E-state index contributed by atoms with van der Waals surface area (Å²) in [6.45, 7) is 1.93. The number of rotatable bonds is 3. The van der Waals surface area contributed by atoms with Crippen LogP contribution in [0, 0.1) is 5.82 Å². The van der Waals surface area contributed by atoms with E-state index in [1.165, 1.54) is 28.8 Å². The van der Waals surface area contributed by atoms with Gasteiger partial charge in [-0.25, -0.2) is 4.39 Å². The molecule has 1 fully saturated rings. The highest BCUT2D eigenvalue weighted by Gasteiger charge is 2.33. The van der Waals surface area contributed by atoms with E-state index in [4.69, 9.17) is 12.2 Å². The van der Waals surface area contributed by atoms with Crippen LogP contribution in [0.3, 0.4) is 0 Å². The number of benzene rings is 2. The lowest BCUT2D eigenvalue weighted by molar-refractivity contribution is -0.113. The van der Waals surface area contributed by atoms with Gasteiger partial charge in [-0.3, -0.25) is 9.69 Å². The molecule has 0 N–H and O–H groups in total. The average Bonchev–Trinajstić information content (AvgIpc) is 2.82. The molecule has 0 aliphatic carbocycles. The molecule has 1 aliphatic heterocycles. The summed E-state index contributed by atoms with van der Waals surface area (Å²) in [6, 6.07) is 15.7. The molecule has 0 unspecified atom stereocenters. The van der Waals surface area contributed by atoms with Gasteiger partial charge in [0.1, 0.15) is 5.82 Å². The molecule has 2 aromatic carbocycles. The summed E-state index contributed by atoms with van der Waals surface area (Å²) in [7, 11) is 0. The van der Waals surface area contributed by atoms with Gasteiger partial charge < -0.3 is 0 Å². The Morgan fingerprint density at radius 1 is 1.17 bits per heavy atom. The lowest BCUT2D eigenvalue weighted by atomic mass is 10.1. The van der Waals surface area contributed by atoms with Gasteiger partial charge in [0.2, 0.25) is 0 Å². The fourth-order valence-electron chi connectivity index (χ4n) is 2.37. The normalized spacial score (nSPS) is 17.0. The molecule has 1 heterocycles. The quantitative estimate of drug-likeness (QED) is 0.559. The van der Waals surface area contributed by atoms with E-state index >= 15 is 0 Å². The minimum Gasteiger partial charge on any atom is -0.268 e. The summed E-state index contributed by atoms with van der Waals surface area (Å²) in [4.78, 5) is 14.5. The minimum atomic E-state index is -0.398. The smallest absolute Gasteiger partial charge is 0.268 e. The fourth-order valence-corrected chi connectivity index (χ4v) is 3.71. The molecule has 1 saturated heterocycles. The van der Waals surface area contributed by atoms with E-state index in [0.717, 1.165) is 11.1 Å².